The van der Waals surface area contributed by atoms with E-state index in [1.165, 1.54) is 26.2 Å². The average molecular weight is 473 g/mol. The molecule has 1 unspecified atom stereocenters. The molecule has 9 heteroatoms. The maximum atomic E-state index is 14.7. The van der Waals surface area contributed by atoms with Gasteiger partial charge in [-0.25, -0.2) is 4.39 Å². The van der Waals surface area contributed by atoms with Crippen LogP contribution in [0.3, 0.4) is 0 Å². The molecule has 0 aliphatic carbocycles. The zero-order valence-electron chi connectivity index (χ0n) is 18.3. The number of carbonyl (C=O) groups excluding carboxylic acids is 2. The van der Waals surface area contributed by atoms with Gasteiger partial charge in [-0.05, 0) is 47.5 Å². The maximum Gasteiger partial charge on any atom is 0.522 e. The highest BCUT2D eigenvalue weighted by molar-refractivity contribution is 5.94. The molecule has 1 N–H and O–H groups in total. The number of nitrogens with one attached hydrogen (secondary N) is 1. The Morgan fingerprint density at radius 3 is 2.24 bits per heavy atom. The number of hydrogen-bond acceptors (Lipinski definition) is 3. The number of nitrogens with zero attached hydrogens (tertiary/aromatic N) is 1. The lowest BCUT2D eigenvalue weighted by molar-refractivity contribution is -0.266. The van der Waals surface area contributed by atoms with Crippen LogP contribution in [0.2, 0.25) is 0 Å². The van der Waals surface area contributed by atoms with Gasteiger partial charge in [-0.2, -0.15) is 22.4 Å². The van der Waals surface area contributed by atoms with Crippen LogP contribution in [-0.2, 0) is 10.3 Å². The van der Waals surface area contributed by atoms with Gasteiger partial charge in [-0.15, -0.1) is 0 Å². The molecule has 34 heavy (non-hydrogen) atoms. The zero-order chi connectivity index (χ0) is 24.7. The standard InChI is InChI=1S/C25H20F4N2O3/c1-31(2)21-13-10-18(16-6-4-3-5-7-16)14-20(21)24(25(27,28)29,34-23(31)33)15-30-22(32)17-8-11-19(26)12-9-17/h3-14H,15H2,1-2H3/p+1. The number of rotatable bonds is 4. The summed E-state index contributed by atoms with van der Waals surface area (Å²) in [5, 5.41) is 2.22. The van der Waals surface area contributed by atoms with Crippen LogP contribution in [0.5, 0.6) is 0 Å². The Hall–Kier alpha value is -3.72. The summed E-state index contributed by atoms with van der Waals surface area (Å²) in [4.78, 5) is 25.3. The number of benzene rings is 3. The summed E-state index contributed by atoms with van der Waals surface area (Å²) in [6, 6.07) is 17.6. The van der Waals surface area contributed by atoms with Crippen molar-refractivity contribution in [2.75, 3.05) is 20.6 Å². The third-order valence-corrected chi connectivity index (χ3v) is 5.92. The fourth-order valence-electron chi connectivity index (χ4n) is 3.92. The van der Waals surface area contributed by atoms with Crippen LogP contribution < -0.4 is 9.80 Å². The van der Waals surface area contributed by atoms with Crippen molar-refractivity contribution in [2.24, 2.45) is 0 Å². The summed E-state index contributed by atoms with van der Waals surface area (Å²) in [6.45, 7) is -1.05. The number of ether oxygens (including phenoxy) is 1. The minimum absolute atomic E-state index is 0.0322. The normalized spacial score (nSPS) is 19.2. The van der Waals surface area contributed by atoms with E-state index in [1.807, 2.05) is 0 Å². The SMILES string of the molecule is C[N+]1(C)C(=O)OC(CNC(=O)c2ccc(F)cc2)(C(F)(F)F)c2cc(-c3ccccc3)ccc21. The highest BCUT2D eigenvalue weighted by Crippen LogP contribution is 2.51. The third kappa shape index (κ3) is 3.92. The molecule has 1 aliphatic rings. The lowest BCUT2D eigenvalue weighted by Gasteiger charge is -2.43. The van der Waals surface area contributed by atoms with E-state index in [0.29, 0.717) is 11.1 Å². The van der Waals surface area contributed by atoms with E-state index in [4.69, 9.17) is 4.74 Å². The van der Waals surface area contributed by atoms with Gasteiger partial charge in [0, 0.05) is 11.6 Å². The second kappa shape index (κ2) is 8.25. The smallest absolute Gasteiger partial charge is 0.396 e. The van der Waals surface area contributed by atoms with E-state index in [1.54, 1.807) is 36.4 Å². The van der Waals surface area contributed by atoms with Gasteiger partial charge in [0.15, 0.2) is 5.69 Å². The number of amides is 2. The summed E-state index contributed by atoms with van der Waals surface area (Å²) >= 11 is 0. The van der Waals surface area contributed by atoms with E-state index in [-0.39, 0.29) is 16.8 Å². The lowest BCUT2D eigenvalue weighted by Crippen LogP contribution is -2.63. The van der Waals surface area contributed by atoms with Gasteiger partial charge in [0.25, 0.3) is 11.5 Å². The fraction of sp³-hybridized carbons (Fsp3) is 0.200. The predicted molar refractivity (Wildman–Crippen MR) is 118 cm³/mol. The van der Waals surface area contributed by atoms with Crippen LogP contribution in [-0.4, -0.2) is 38.8 Å². The molecule has 0 radical (unpaired) electrons. The van der Waals surface area contributed by atoms with Crippen LogP contribution in [0.25, 0.3) is 11.1 Å². The van der Waals surface area contributed by atoms with Crippen molar-refractivity contribution in [3.63, 3.8) is 0 Å². The van der Waals surface area contributed by atoms with Crippen LogP contribution >= 0.6 is 0 Å². The molecule has 1 heterocycles. The van der Waals surface area contributed by atoms with Gasteiger partial charge in [-0.3, -0.25) is 4.79 Å². The van der Waals surface area contributed by atoms with Crippen molar-refractivity contribution in [1.82, 2.24) is 9.80 Å². The Labute approximate surface area is 193 Å². The summed E-state index contributed by atoms with van der Waals surface area (Å²) in [5.74, 6) is -1.45. The molecule has 0 bridgehead atoms. The van der Waals surface area contributed by atoms with Crippen molar-refractivity contribution >= 4 is 17.7 Å². The molecular weight excluding hydrogens is 452 g/mol. The van der Waals surface area contributed by atoms with Crippen LogP contribution in [0.4, 0.5) is 28.0 Å². The molecule has 0 saturated carbocycles. The van der Waals surface area contributed by atoms with Crippen molar-refractivity contribution in [3.05, 3.63) is 89.7 Å². The molecule has 4 rings (SSSR count). The van der Waals surface area contributed by atoms with Crippen LogP contribution in [0, 0.1) is 5.82 Å². The first-order valence-corrected chi connectivity index (χ1v) is 10.3. The molecule has 0 aromatic heterocycles. The van der Waals surface area contributed by atoms with E-state index < -0.39 is 40.6 Å². The quantitative estimate of drug-likeness (QED) is 0.408. The molecule has 0 saturated heterocycles. The number of hydrogen-bond donors (Lipinski definition) is 1. The molecule has 3 aromatic rings. The number of carbonyl (C=O) groups is 2. The van der Waals surface area contributed by atoms with Gasteiger partial charge >= 0.3 is 12.3 Å². The van der Waals surface area contributed by atoms with Gasteiger partial charge in [0.1, 0.15) is 5.82 Å². The summed E-state index contributed by atoms with van der Waals surface area (Å²) in [7, 11) is 2.86. The number of alkyl halides is 3. The maximum absolute atomic E-state index is 14.7. The molecular formula is C25H21F4N2O3+. The third-order valence-electron chi connectivity index (χ3n) is 5.92. The highest BCUT2D eigenvalue weighted by Gasteiger charge is 2.66. The molecule has 0 spiro atoms. The van der Waals surface area contributed by atoms with Gasteiger partial charge in [0.2, 0.25) is 0 Å². The average Bonchev–Trinajstić information content (AvgIpc) is 2.80. The van der Waals surface area contributed by atoms with E-state index in [9.17, 15) is 27.2 Å². The largest absolute Gasteiger partial charge is 0.522 e. The van der Waals surface area contributed by atoms with E-state index >= 15 is 0 Å². The van der Waals surface area contributed by atoms with Crippen LogP contribution in [0.15, 0.2) is 72.8 Å². The number of quaternary nitrogens is 1. The lowest BCUT2D eigenvalue weighted by atomic mass is 9.86. The van der Waals surface area contributed by atoms with Crippen molar-refractivity contribution in [3.8, 4) is 11.1 Å². The first-order valence-electron chi connectivity index (χ1n) is 10.3. The van der Waals surface area contributed by atoms with Crippen molar-refractivity contribution < 1.29 is 31.9 Å². The molecule has 5 nitrogen and oxygen atoms in total. The minimum Gasteiger partial charge on any atom is -0.396 e. The molecule has 1 atom stereocenters. The second-order valence-electron chi connectivity index (χ2n) is 8.43. The molecule has 2 amide bonds. The van der Waals surface area contributed by atoms with E-state index in [2.05, 4.69) is 5.32 Å². The topological polar surface area (TPSA) is 55.4 Å². The molecule has 176 valence electrons. The highest BCUT2D eigenvalue weighted by atomic mass is 19.4. The fourth-order valence-corrected chi connectivity index (χ4v) is 3.92. The number of fused-ring (bicyclic) bond motifs is 1. The number of halogens is 4. The summed E-state index contributed by atoms with van der Waals surface area (Å²) < 4.78 is 61.7. The Morgan fingerprint density at radius 1 is 0.971 bits per heavy atom. The first-order chi connectivity index (χ1) is 16.0. The van der Waals surface area contributed by atoms with Crippen molar-refractivity contribution in [1.29, 1.82) is 0 Å². The second-order valence-corrected chi connectivity index (χ2v) is 8.43. The Balaban J connectivity index is 1.83. The van der Waals surface area contributed by atoms with Gasteiger partial charge in [0.05, 0.1) is 26.2 Å². The van der Waals surface area contributed by atoms with Crippen LogP contribution in [0.1, 0.15) is 15.9 Å². The summed E-state index contributed by atoms with van der Waals surface area (Å²) in [6.07, 6.45) is -6.17. The van der Waals surface area contributed by atoms with Gasteiger partial charge in [-0.1, -0.05) is 30.3 Å². The van der Waals surface area contributed by atoms with Crippen molar-refractivity contribution in [2.45, 2.75) is 11.8 Å². The number of cyclic esters (lactones) is 1. The van der Waals surface area contributed by atoms with Gasteiger partial charge < -0.3 is 10.1 Å². The zero-order valence-corrected chi connectivity index (χ0v) is 18.3. The molecule has 1 aliphatic heterocycles. The Kier molecular flexibility index (Phi) is 5.69. The Bertz CT molecular complexity index is 1240. The molecule has 3 aromatic carbocycles. The monoisotopic (exact) mass is 473 g/mol. The minimum atomic E-state index is -5.05. The Morgan fingerprint density at radius 2 is 1.62 bits per heavy atom. The first kappa shape index (κ1) is 23.4. The summed E-state index contributed by atoms with van der Waals surface area (Å²) in [5.41, 5.74) is -2.15. The molecule has 0 fully saturated rings. The predicted octanol–water partition coefficient (Wildman–Crippen LogP) is 5.40. The van der Waals surface area contributed by atoms with E-state index in [0.717, 1.165) is 24.3 Å².